The normalized spacial score (nSPS) is 11.3. The van der Waals surface area contributed by atoms with Crippen LogP contribution in [0.4, 0.5) is 0 Å². The number of rotatable bonds is 22. The van der Waals surface area contributed by atoms with Gasteiger partial charge in [-0.1, -0.05) is 13.2 Å². The van der Waals surface area contributed by atoms with Crippen molar-refractivity contribution in [1.29, 1.82) is 0 Å². The number of esters is 2. The summed E-state index contributed by atoms with van der Waals surface area (Å²) in [4.78, 5) is 22.1. The molecule has 0 unspecified atom stereocenters. The highest BCUT2D eigenvalue weighted by Crippen LogP contribution is 2.19. The third-order valence-electron chi connectivity index (χ3n) is 4.43. The number of carbonyl (C=O) groups excluding carboxylic acids is 2. The van der Waals surface area contributed by atoms with E-state index in [0.717, 1.165) is 6.08 Å². The van der Waals surface area contributed by atoms with Gasteiger partial charge in [0.05, 0.1) is 13.2 Å². The molecular weight excluding hydrogens is 516 g/mol. The summed E-state index contributed by atoms with van der Waals surface area (Å²) in [5.74, 6) is -0.775. The molecule has 0 bridgehead atoms. The Morgan fingerprint density at radius 3 is 1.24 bits per heavy atom. The van der Waals surface area contributed by atoms with Crippen LogP contribution in [0.25, 0.3) is 0 Å². The third-order valence-corrected chi connectivity index (χ3v) is 10.7. The van der Waals surface area contributed by atoms with E-state index in [-0.39, 0.29) is 5.97 Å². The van der Waals surface area contributed by atoms with Gasteiger partial charge in [0.15, 0.2) is 0 Å². The second-order valence-corrected chi connectivity index (χ2v) is 12.9. The highest BCUT2D eigenvalue weighted by Gasteiger charge is 2.40. The van der Waals surface area contributed by atoms with Crippen molar-refractivity contribution in [3.63, 3.8) is 0 Å². The quantitative estimate of drug-likeness (QED) is 0.0792. The van der Waals surface area contributed by atoms with Gasteiger partial charge < -0.3 is 36.0 Å². The first kappa shape index (κ1) is 37.8. The van der Waals surface area contributed by atoms with Gasteiger partial charge >= 0.3 is 29.5 Å². The Kier molecular flexibility index (Phi) is 24.2. The van der Waals surface area contributed by atoms with Gasteiger partial charge in [-0.05, 0) is 61.3 Å². The molecule has 0 aromatic heterocycles. The summed E-state index contributed by atoms with van der Waals surface area (Å²) in [5.41, 5.74) is 0.405. The van der Waals surface area contributed by atoms with Crippen LogP contribution in [0.15, 0.2) is 24.8 Å². The van der Waals surface area contributed by atoms with Crippen LogP contribution in [0.3, 0.4) is 0 Å². The van der Waals surface area contributed by atoms with E-state index in [1.165, 1.54) is 0 Å². The first-order valence-electron chi connectivity index (χ1n) is 13.1. The fourth-order valence-electron chi connectivity index (χ4n) is 3.10. The molecule has 10 nitrogen and oxygen atoms in total. The zero-order valence-electron chi connectivity index (χ0n) is 24.1. The monoisotopic (exact) mass is 566 g/mol. The van der Waals surface area contributed by atoms with Gasteiger partial charge in [0.2, 0.25) is 0 Å². The number of hydrogen-bond acceptors (Lipinski definition) is 10. The lowest BCUT2D eigenvalue weighted by Gasteiger charge is -2.28. The minimum Gasteiger partial charge on any atom is -0.463 e. The summed E-state index contributed by atoms with van der Waals surface area (Å²) < 4.78 is 44.1. The van der Waals surface area contributed by atoms with Crippen LogP contribution in [-0.2, 0) is 45.6 Å². The molecule has 0 radical (unpaired) electrons. The maximum Gasteiger partial charge on any atom is 0.501 e. The molecule has 12 heteroatoms. The average Bonchev–Trinajstić information content (AvgIpc) is 2.85. The Hall–Kier alpha value is -1.39. The molecule has 37 heavy (non-hydrogen) atoms. The summed E-state index contributed by atoms with van der Waals surface area (Å²) in [7, 11) is -5.20. The highest BCUT2D eigenvalue weighted by atomic mass is 28.4. The summed E-state index contributed by atoms with van der Waals surface area (Å²) in [6.45, 7) is 24.0. The minimum atomic E-state index is -2.61. The molecule has 0 atom stereocenters. The topological polar surface area (TPSA) is 108 Å². The van der Waals surface area contributed by atoms with Crippen molar-refractivity contribution in [3.05, 3.63) is 24.8 Å². The summed E-state index contributed by atoms with van der Waals surface area (Å²) in [5, 5.41) is 0. The molecule has 0 spiro atoms. The molecule has 218 valence electrons. The lowest BCUT2D eigenvalue weighted by molar-refractivity contribution is -0.139. The van der Waals surface area contributed by atoms with E-state index >= 15 is 0 Å². The van der Waals surface area contributed by atoms with E-state index in [4.69, 9.17) is 36.0 Å². The minimum absolute atomic E-state index is 0.326. The van der Waals surface area contributed by atoms with E-state index < -0.39 is 23.6 Å². The molecule has 0 fully saturated rings. The Morgan fingerprint density at radius 1 is 0.649 bits per heavy atom. The molecule has 0 aromatic carbocycles. The molecule has 0 rings (SSSR count). The van der Waals surface area contributed by atoms with Crippen molar-refractivity contribution in [2.45, 2.75) is 73.4 Å². The molecule has 0 aliphatic heterocycles. The molecule has 0 amide bonds. The molecule has 0 aromatic rings. The first-order chi connectivity index (χ1) is 17.6. The van der Waals surface area contributed by atoms with E-state index in [1.807, 2.05) is 41.5 Å². The second kappa shape index (κ2) is 23.7. The largest absolute Gasteiger partial charge is 0.501 e. The van der Waals surface area contributed by atoms with Crippen molar-refractivity contribution in [2.75, 3.05) is 52.9 Å². The molecule has 0 saturated carbocycles. The van der Waals surface area contributed by atoms with Gasteiger partial charge in [0.25, 0.3) is 0 Å². The zero-order valence-corrected chi connectivity index (χ0v) is 26.1. The number of hydrogen-bond donors (Lipinski definition) is 0. The van der Waals surface area contributed by atoms with Gasteiger partial charge in [-0.2, -0.15) is 0 Å². The van der Waals surface area contributed by atoms with E-state index in [0.29, 0.717) is 83.4 Å². The molecule has 0 aliphatic carbocycles. The van der Waals surface area contributed by atoms with E-state index in [2.05, 4.69) is 13.2 Å². The first-order valence-corrected chi connectivity index (χ1v) is 17.0. The predicted octanol–water partition coefficient (Wildman–Crippen LogP) is 4.70. The Balaban J connectivity index is 0. The van der Waals surface area contributed by atoms with Crippen LogP contribution < -0.4 is 0 Å². The zero-order chi connectivity index (χ0) is 28.6. The Labute approximate surface area is 226 Å². The van der Waals surface area contributed by atoms with Crippen molar-refractivity contribution in [3.8, 4) is 0 Å². The lowest BCUT2D eigenvalue weighted by atomic mass is 10.4. The number of ether oxygens (including phenoxy) is 2. The molecule has 0 N–H and O–H groups in total. The fourth-order valence-corrected chi connectivity index (χ4v) is 8.26. The molecule has 0 aliphatic rings. The standard InChI is InChI=1S/C13H26O5Si.C12H24O5Si/c1-6-16-19(17-7-2,18-8-3)11-9-10-15-13(14)12(4)5;1-5-12(13)14-10-9-11-18(15-6-2,16-7-3)17-8-4/h4,6-11H2,1-3,5H3;5H,1,6-11H2,2-4H3. The van der Waals surface area contributed by atoms with Gasteiger partial charge in [-0.15, -0.1) is 0 Å². The molecule has 0 saturated heterocycles. The van der Waals surface area contributed by atoms with Crippen LogP contribution in [0.1, 0.15) is 61.3 Å². The SMILES string of the molecule is C=C(C)C(=O)OCCC[Si](OCC)(OCC)OCC.C=CC(=O)OCCC[Si](OCC)(OCC)OCC. The summed E-state index contributed by atoms with van der Waals surface area (Å²) >= 11 is 0. The Morgan fingerprint density at radius 2 is 0.973 bits per heavy atom. The second-order valence-electron chi connectivity index (χ2n) is 7.46. The van der Waals surface area contributed by atoms with E-state index in [1.54, 1.807) is 6.92 Å². The summed E-state index contributed by atoms with van der Waals surface area (Å²) in [6.07, 6.45) is 2.47. The number of carbonyl (C=O) groups is 2. The van der Waals surface area contributed by atoms with Crippen molar-refractivity contribution >= 4 is 29.5 Å². The summed E-state index contributed by atoms with van der Waals surface area (Å²) in [6, 6.07) is 1.29. The third kappa shape index (κ3) is 18.5. The average molecular weight is 567 g/mol. The maximum absolute atomic E-state index is 11.2. The highest BCUT2D eigenvalue weighted by molar-refractivity contribution is 6.61. The van der Waals surface area contributed by atoms with Crippen LogP contribution in [0.2, 0.25) is 12.1 Å². The lowest BCUT2D eigenvalue weighted by Crippen LogP contribution is -2.46. The predicted molar refractivity (Wildman–Crippen MR) is 147 cm³/mol. The van der Waals surface area contributed by atoms with Gasteiger partial charge in [-0.3, -0.25) is 0 Å². The van der Waals surface area contributed by atoms with Crippen molar-refractivity contribution in [2.24, 2.45) is 0 Å². The molecular formula is C25H50O10Si2. The van der Waals surface area contributed by atoms with Crippen molar-refractivity contribution in [1.82, 2.24) is 0 Å². The van der Waals surface area contributed by atoms with Gasteiger partial charge in [-0.25, -0.2) is 9.59 Å². The van der Waals surface area contributed by atoms with Crippen LogP contribution >= 0.6 is 0 Å². The Bertz CT molecular complexity index is 597. The van der Waals surface area contributed by atoms with E-state index in [9.17, 15) is 9.59 Å². The van der Waals surface area contributed by atoms with Gasteiger partial charge in [0, 0.05) is 63.4 Å². The van der Waals surface area contributed by atoms with Crippen molar-refractivity contribution < 1.29 is 45.6 Å². The van der Waals surface area contributed by atoms with Crippen LogP contribution in [0, 0.1) is 0 Å². The molecule has 0 heterocycles. The van der Waals surface area contributed by atoms with Crippen LogP contribution in [-0.4, -0.2) is 82.4 Å². The maximum atomic E-state index is 11.2. The van der Waals surface area contributed by atoms with Crippen LogP contribution in [0.5, 0.6) is 0 Å². The smallest absolute Gasteiger partial charge is 0.463 e. The van der Waals surface area contributed by atoms with Gasteiger partial charge in [0.1, 0.15) is 0 Å². The fraction of sp³-hybridized carbons (Fsp3) is 0.760.